The van der Waals surface area contributed by atoms with Crippen LogP contribution in [0.25, 0.3) is 0 Å². The minimum atomic E-state index is 0.488. The Balaban J connectivity index is 1.79. The highest BCUT2D eigenvalue weighted by molar-refractivity contribution is 7.10. The fourth-order valence-electron chi connectivity index (χ4n) is 2.82. The van der Waals surface area contributed by atoms with E-state index in [1.54, 1.807) is 0 Å². The lowest BCUT2D eigenvalue weighted by Gasteiger charge is -2.25. The van der Waals surface area contributed by atoms with Gasteiger partial charge in [-0.2, -0.15) is 0 Å². The van der Waals surface area contributed by atoms with E-state index in [1.807, 2.05) is 11.3 Å². The Bertz CT molecular complexity index is 525. The molecule has 2 atom stereocenters. The molecule has 0 bridgehead atoms. The molecule has 0 amide bonds. The highest BCUT2D eigenvalue weighted by Crippen LogP contribution is 2.42. The topological polar surface area (TPSA) is 12.0 Å². The molecule has 1 saturated carbocycles. The molecule has 20 heavy (non-hydrogen) atoms. The predicted molar refractivity (Wildman–Crippen MR) is 87.1 cm³/mol. The van der Waals surface area contributed by atoms with Gasteiger partial charge in [0.1, 0.15) is 0 Å². The molecule has 1 nitrogen and oxygen atoms in total. The monoisotopic (exact) mass is 285 g/mol. The van der Waals surface area contributed by atoms with E-state index in [9.17, 15) is 0 Å². The van der Waals surface area contributed by atoms with Crippen molar-refractivity contribution in [2.75, 3.05) is 0 Å². The molecule has 106 valence electrons. The van der Waals surface area contributed by atoms with Crippen LogP contribution in [0.1, 0.15) is 54.3 Å². The normalized spacial score (nSPS) is 17.9. The van der Waals surface area contributed by atoms with Crippen molar-refractivity contribution in [2.45, 2.75) is 45.2 Å². The molecule has 2 aromatic rings. The van der Waals surface area contributed by atoms with Crippen LogP contribution in [0.4, 0.5) is 0 Å². The lowest BCUT2D eigenvalue weighted by Crippen LogP contribution is -2.27. The van der Waals surface area contributed by atoms with Crippen molar-refractivity contribution in [3.05, 3.63) is 57.8 Å². The Labute approximate surface area is 126 Å². The molecule has 3 rings (SSSR count). The first-order valence-electron chi connectivity index (χ1n) is 7.64. The van der Waals surface area contributed by atoms with Gasteiger partial charge in [0, 0.05) is 17.0 Å². The molecule has 1 aromatic heterocycles. The first-order valence-corrected chi connectivity index (χ1v) is 8.52. The quantitative estimate of drug-likeness (QED) is 0.764. The van der Waals surface area contributed by atoms with Crippen LogP contribution in [-0.2, 0) is 0 Å². The lowest BCUT2D eigenvalue weighted by atomic mass is 9.99. The number of nitrogens with one attached hydrogen (secondary N) is 1. The molecule has 1 aliphatic carbocycles. The maximum absolute atomic E-state index is 3.91. The van der Waals surface area contributed by atoms with Crippen molar-refractivity contribution < 1.29 is 0 Å². The predicted octanol–water partition coefficient (Wildman–Crippen LogP) is 5.25. The zero-order valence-electron chi connectivity index (χ0n) is 12.3. The molecule has 1 heterocycles. The summed E-state index contributed by atoms with van der Waals surface area (Å²) in [5.41, 5.74) is 2.79. The van der Waals surface area contributed by atoms with E-state index < -0.39 is 0 Å². The summed E-state index contributed by atoms with van der Waals surface area (Å²) >= 11 is 1.86. The van der Waals surface area contributed by atoms with E-state index in [1.165, 1.54) is 28.8 Å². The van der Waals surface area contributed by atoms with Gasteiger partial charge in [-0.05, 0) is 49.1 Å². The van der Waals surface area contributed by atoms with Gasteiger partial charge in [0.2, 0.25) is 0 Å². The fraction of sp³-hybridized carbons (Fsp3) is 0.444. The van der Waals surface area contributed by atoms with Crippen LogP contribution < -0.4 is 5.32 Å². The summed E-state index contributed by atoms with van der Waals surface area (Å²) in [4.78, 5) is 1.46. The van der Waals surface area contributed by atoms with Crippen molar-refractivity contribution in [1.82, 2.24) is 5.32 Å². The number of thiophene rings is 1. The summed E-state index contributed by atoms with van der Waals surface area (Å²) in [7, 11) is 0. The number of aryl methyl sites for hydroxylation is 1. The van der Waals surface area contributed by atoms with Crippen LogP contribution in [0.15, 0.2) is 41.8 Å². The van der Waals surface area contributed by atoms with E-state index in [0.717, 1.165) is 12.3 Å². The molecule has 1 aromatic carbocycles. The van der Waals surface area contributed by atoms with Crippen LogP contribution in [0.2, 0.25) is 0 Å². The average molecular weight is 285 g/mol. The summed E-state index contributed by atoms with van der Waals surface area (Å²) in [5.74, 6) is 0.826. The van der Waals surface area contributed by atoms with E-state index in [4.69, 9.17) is 0 Å². The molecule has 0 radical (unpaired) electrons. The second kappa shape index (κ2) is 6.11. The number of rotatable bonds is 6. The summed E-state index contributed by atoms with van der Waals surface area (Å²) in [5, 5.41) is 6.09. The standard InChI is InChI=1S/C18H23NS/c1-3-16(17-5-4-12-20-17)19-18(15-10-11-15)14-8-6-13(2)7-9-14/h4-9,12,15-16,18-19H,3,10-11H2,1-2H3. The summed E-state index contributed by atoms with van der Waals surface area (Å²) < 4.78 is 0. The molecule has 1 N–H and O–H groups in total. The smallest absolute Gasteiger partial charge is 0.0417 e. The summed E-state index contributed by atoms with van der Waals surface area (Å²) in [6.07, 6.45) is 3.88. The number of hydrogen-bond donors (Lipinski definition) is 1. The number of hydrogen-bond acceptors (Lipinski definition) is 2. The first kappa shape index (κ1) is 13.8. The second-order valence-corrected chi connectivity index (χ2v) is 6.85. The Morgan fingerprint density at radius 1 is 1.20 bits per heavy atom. The van der Waals surface area contributed by atoms with Crippen LogP contribution in [0, 0.1) is 12.8 Å². The maximum Gasteiger partial charge on any atom is 0.0417 e. The van der Waals surface area contributed by atoms with Gasteiger partial charge in [0.25, 0.3) is 0 Å². The van der Waals surface area contributed by atoms with Crippen molar-refractivity contribution >= 4 is 11.3 Å². The third kappa shape index (κ3) is 3.13. The third-order valence-electron chi connectivity index (χ3n) is 4.21. The average Bonchev–Trinajstić information content (AvgIpc) is 3.16. The molecular formula is C18H23NS. The van der Waals surface area contributed by atoms with Gasteiger partial charge in [0.05, 0.1) is 0 Å². The molecular weight excluding hydrogens is 262 g/mol. The molecule has 0 saturated heterocycles. The molecule has 0 aliphatic heterocycles. The van der Waals surface area contributed by atoms with E-state index in [2.05, 4.69) is 60.9 Å². The van der Waals surface area contributed by atoms with Gasteiger partial charge in [0.15, 0.2) is 0 Å². The summed E-state index contributed by atoms with van der Waals surface area (Å²) in [6, 6.07) is 14.5. The van der Waals surface area contributed by atoms with E-state index in [0.29, 0.717) is 12.1 Å². The Hall–Kier alpha value is -1.12. The third-order valence-corrected chi connectivity index (χ3v) is 5.19. The molecule has 2 heteroatoms. The fourth-order valence-corrected chi connectivity index (χ4v) is 3.69. The maximum atomic E-state index is 3.91. The minimum Gasteiger partial charge on any atom is -0.302 e. The molecule has 1 fully saturated rings. The van der Waals surface area contributed by atoms with Crippen molar-refractivity contribution in [3.63, 3.8) is 0 Å². The molecule has 1 aliphatic rings. The van der Waals surface area contributed by atoms with Gasteiger partial charge in [-0.15, -0.1) is 11.3 Å². The summed E-state index contributed by atoms with van der Waals surface area (Å²) in [6.45, 7) is 4.43. The molecule has 2 unspecified atom stereocenters. The van der Waals surface area contributed by atoms with E-state index >= 15 is 0 Å². The lowest BCUT2D eigenvalue weighted by molar-refractivity contribution is 0.405. The van der Waals surface area contributed by atoms with Crippen molar-refractivity contribution in [3.8, 4) is 0 Å². The van der Waals surface area contributed by atoms with Gasteiger partial charge >= 0.3 is 0 Å². The SMILES string of the molecule is CCC(NC(c1ccc(C)cc1)C1CC1)c1cccs1. The highest BCUT2D eigenvalue weighted by atomic mass is 32.1. The Morgan fingerprint density at radius 3 is 2.50 bits per heavy atom. The van der Waals surface area contributed by atoms with Gasteiger partial charge in [-0.3, -0.25) is 0 Å². The van der Waals surface area contributed by atoms with Crippen molar-refractivity contribution in [1.29, 1.82) is 0 Å². The van der Waals surface area contributed by atoms with Crippen LogP contribution in [-0.4, -0.2) is 0 Å². The zero-order valence-corrected chi connectivity index (χ0v) is 13.1. The van der Waals surface area contributed by atoms with Gasteiger partial charge < -0.3 is 5.32 Å². The number of benzene rings is 1. The van der Waals surface area contributed by atoms with Gasteiger partial charge in [-0.1, -0.05) is 42.8 Å². The van der Waals surface area contributed by atoms with E-state index in [-0.39, 0.29) is 0 Å². The Morgan fingerprint density at radius 2 is 1.95 bits per heavy atom. The zero-order chi connectivity index (χ0) is 13.9. The Kier molecular flexibility index (Phi) is 4.23. The largest absolute Gasteiger partial charge is 0.302 e. The van der Waals surface area contributed by atoms with Crippen LogP contribution in [0.3, 0.4) is 0 Å². The minimum absolute atomic E-state index is 0.488. The first-order chi connectivity index (χ1) is 9.78. The van der Waals surface area contributed by atoms with Crippen LogP contribution in [0.5, 0.6) is 0 Å². The second-order valence-electron chi connectivity index (χ2n) is 5.87. The van der Waals surface area contributed by atoms with Crippen LogP contribution >= 0.6 is 11.3 Å². The molecule has 0 spiro atoms. The highest BCUT2D eigenvalue weighted by Gasteiger charge is 2.33. The van der Waals surface area contributed by atoms with Crippen molar-refractivity contribution in [2.24, 2.45) is 5.92 Å². The van der Waals surface area contributed by atoms with Gasteiger partial charge in [-0.25, -0.2) is 0 Å².